The van der Waals surface area contributed by atoms with Crippen molar-refractivity contribution in [2.45, 2.75) is 33.6 Å². The van der Waals surface area contributed by atoms with Crippen LogP contribution < -0.4 is 5.32 Å². The second-order valence-corrected chi connectivity index (χ2v) is 6.57. The SMILES string of the molecule is CCCc1nc(-c2ccc(C)cc2Br)nc(NCC)c1Br. The zero-order valence-corrected chi connectivity index (χ0v) is 15.7. The van der Waals surface area contributed by atoms with Crippen LogP contribution in [0.5, 0.6) is 0 Å². The van der Waals surface area contributed by atoms with Gasteiger partial charge in [-0.3, -0.25) is 0 Å². The van der Waals surface area contributed by atoms with E-state index in [2.05, 4.69) is 81.1 Å². The molecule has 0 amide bonds. The van der Waals surface area contributed by atoms with E-state index in [0.29, 0.717) is 0 Å². The third-order valence-electron chi connectivity index (χ3n) is 3.12. The molecule has 1 heterocycles. The number of benzene rings is 1. The molecule has 2 aromatic rings. The fraction of sp³-hybridized carbons (Fsp3) is 0.375. The first kappa shape index (κ1) is 16.4. The lowest BCUT2D eigenvalue weighted by atomic mass is 10.1. The molecule has 0 aliphatic carbocycles. The first-order valence-corrected chi connectivity index (χ1v) is 8.72. The van der Waals surface area contributed by atoms with E-state index in [4.69, 9.17) is 4.98 Å². The van der Waals surface area contributed by atoms with Crippen LogP contribution in [-0.4, -0.2) is 16.5 Å². The Morgan fingerprint density at radius 2 is 1.90 bits per heavy atom. The molecular weight excluding hydrogens is 394 g/mol. The van der Waals surface area contributed by atoms with Crippen molar-refractivity contribution in [3.8, 4) is 11.4 Å². The van der Waals surface area contributed by atoms with Crippen molar-refractivity contribution in [3.63, 3.8) is 0 Å². The van der Waals surface area contributed by atoms with Crippen molar-refractivity contribution in [1.82, 2.24) is 9.97 Å². The summed E-state index contributed by atoms with van der Waals surface area (Å²) in [6.45, 7) is 7.12. The predicted octanol–water partition coefficient (Wildman–Crippen LogP) is 5.36. The topological polar surface area (TPSA) is 37.8 Å². The van der Waals surface area contributed by atoms with E-state index in [0.717, 1.165) is 51.2 Å². The number of rotatable bonds is 5. The van der Waals surface area contributed by atoms with Crippen molar-refractivity contribution < 1.29 is 0 Å². The molecule has 1 aromatic carbocycles. The molecule has 3 nitrogen and oxygen atoms in total. The first-order valence-electron chi connectivity index (χ1n) is 7.13. The molecule has 0 fully saturated rings. The zero-order chi connectivity index (χ0) is 15.4. The second-order valence-electron chi connectivity index (χ2n) is 4.92. The van der Waals surface area contributed by atoms with Gasteiger partial charge in [-0.2, -0.15) is 0 Å². The number of hydrogen-bond acceptors (Lipinski definition) is 3. The molecule has 112 valence electrons. The van der Waals surface area contributed by atoms with E-state index >= 15 is 0 Å². The summed E-state index contributed by atoms with van der Waals surface area (Å²) in [5.74, 6) is 1.61. The predicted molar refractivity (Wildman–Crippen MR) is 95.8 cm³/mol. The average molecular weight is 413 g/mol. The Bertz CT molecular complexity index is 614. The largest absolute Gasteiger partial charge is 0.369 e. The van der Waals surface area contributed by atoms with Gasteiger partial charge in [-0.05, 0) is 53.9 Å². The van der Waals surface area contributed by atoms with Gasteiger partial charge in [0.05, 0.1) is 10.2 Å². The zero-order valence-electron chi connectivity index (χ0n) is 12.5. The number of hydrogen-bond donors (Lipinski definition) is 1. The molecule has 1 N–H and O–H groups in total. The Morgan fingerprint density at radius 3 is 2.52 bits per heavy atom. The van der Waals surface area contributed by atoms with Crippen LogP contribution in [0.2, 0.25) is 0 Å². The summed E-state index contributed by atoms with van der Waals surface area (Å²) in [7, 11) is 0. The molecule has 0 saturated heterocycles. The van der Waals surface area contributed by atoms with E-state index in [1.54, 1.807) is 0 Å². The van der Waals surface area contributed by atoms with E-state index in [9.17, 15) is 0 Å². The van der Waals surface area contributed by atoms with Gasteiger partial charge in [0.15, 0.2) is 5.82 Å². The van der Waals surface area contributed by atoms with E-state index in [-0.39, 0.29) is 0 Å². The van der Waals surface area contributed by atoms with Crippen LogP contribution in [0.4, 0.5) is 5.82 Å². The Hall–Kier alpha value is -0.940. The summed E-state index contributed by atoms with van der Waals surface area (Å²) in [5, 5.41) is 3.30. The maximum atomic E-state index is 4.74. The number of halogens is 2. The van der Waals surface area contributed by atoms with Crippen LogP contribution >= 0.6 is 31.9 Å². The average Bonchev–Trinajstić information content (AvgIpc) is 2.43. The molecule has 0 unspecified atom stereocenters. The van der Waals surface area contributed by atoms with Gasteiger partial charge < -0.3 is 5.32 Å². The fourth-order valence-corrected chi connectivity index (χ4v) is 3.29. The molecule has 0 radical (unpaired) electrons. The van der Waals surface area contributed by atoms with Crippen LogP contribution in [0.3, 0.4) is 0 Å². The first-order chi connectivity index (χ1) is 10.1. The summed E-state index contributed by atoms with van der Waals surface area (Å²) in [5.41, 5.74) is 3.28. The van der Waals surface area contributed by atoms with Gasteiger partial charge >= 0.3 is 0 Å². The third-order valence-corrected chi connectivity index (χ3v) is 4.61. The lowest BCUT2D eigenvalue weighted by Crippen LogP contribution is -2.06. The highest BCUT2D eigenvalue weighted by Gasteiger charge is 2.14. The van der Waals surface area contributed by atoms with Crippen LogP contribution in [0.1, 0.15) is 31.5 Å². The monoisotopic (exact) mass is 411 g/mol. The normalized spacial score (nSPS) is 10.7. The van der Waals surface area contributed by atoms with Gasteiger partial charge in [0.25, 0.3) is 0 Å². The van der Waals surface area contributed by atoms with Crippen LogP contribution in [0.25, 0.3) is 11.4 Å². The molecule has 0 bridgehead atoms. The summed E-state index contributed by atoms with van der Waals surface area (Å²) >= 11 is 7.24. The van der Waals surface area contributed by atoms with Gasteiger partial charge in [0.1, 0.15) is 5.82 Å². The number of nitrogens with zero attached hydrogens (tertiary/aromatic N) is 2. The minimum atomic E-state index is 0.754. The standard InChI is InChI=1S/C16H19Br2N3/c1-4-6-13-14(18)16(19-5-2)21-15(20-13)11-8-7-10(3)9-12(11)17/h7-9H,4-6H2,1-3H3,(H,19,20,21). The van der Waals surface area contributed by atoms with E-state index in [1.807, 2.05) is 0 Å². The van der Waals surface area contributed by atoms with Crippen molar-refractivity contribution in [2.75, 3.05) is 11.9 Å². The summed E-state index contributed by atoms with van der Waals surface area (Å²) in [4.78, 5) is 9.40. The van der Waals surface area contributed by atoms with Crippen molar-refractivity contribution in [3.05, 3.63) is 38.4 Å². The van der Waals surface area contributed by atoms with E-state index in [1.165, 1.54) is 5.56 Å². The van der Waals surface area contributed by atoms with Gasteiger partial charge in [-0.25, -0.2) is 9.97 Å². The summed E-state index contributed by atoms with van der Waals surface area (Å²) < 4.78 is 1.99. The summed E-state index contributed by atoms with van der Waals surface area (Å²) in [6, 6.07) is 6.24. The molecule has 0 saturated carbocycles. The van der Waals surface area contributed by atoms with Crippen molar-refractivity contribution >= 4 is 37.7 Å². The third kappa shape index (κ3) is 3.83. The second kappa shape index (κ2) is 7.36. The number of aryl methyl sites for hydroxylation is 2. The number of nitrogens with one attached hydrogen (secondary N) is 1. The van der Waals surface area contributed by atoms with Gasteiger partial charge in [0.2, 0.25) is 0 Å². The molecule has 0 aliphatic rings. The summed E-state index contributed by atoms with van der Waals surface area (Å²) in [6.07, 6.45) is 1.98. The van der Waals surface area contributed by atoms with Crippen LogP contribution in [-0.2, 0) is 6.42 Å². The van der Waals surface area contributed by atoms with Crippen LogP contribution in [0, 0.1) is 6.92 Å². The molecule has 0 spiro atoms. The highest BCUT2D eigenvalue weighted by molar-refractivity contribution is 9.11. The molecule has 2 rings (SSSR count). The van der Waals surface area contributed by atoms with Crippen molar-refractivity contribution in [1.29, 1.82) is 0 Å². The Morgan fingerprint density at radius 1 is 1.14 bits per heavy atom. The number of anilines is 1. The minimum absolute atomic E-state index is 0.754. The maximum Gasteiger partial charge on any atom is 0.162 e. The van der Waals surface area contributed by atoms with Crippen molar-refractivity contribution in [2.24, 2.45) is 0 Å². The van der Waals surface area contributed by atoms with Gasteiger partial charge in [-0.1, -0.05) is 35.3 Å². The highest BCUT2D eigenvalue weighted by atomic mass is 79.9. The van der Waals surface area contributed by atoms with E-state index < -0.39 is 0 Å². The molecule has 1 aromatic heterocycles. The lowest BCUT2D eigenvalue weighted by molar-refractivity contribution is 0.867. The van der Waals surface area contributed by atoms with Crippen LogP contribution in [0.15, 0.2) is 27.1 Å². The molecule has 21 heavy (non-hydrogen) atoms. The minimum Gasteiger partial charge on any atom is -0.369 e. The molecule has 0 aliphatic heterocycles. The molecule has 5 heteroatoms. The molecule has 0 atom stereocenters. The van der Waals surface area contributed by atoms with Gasteiger partial charge in [0, 0.05) is 16.6 Å². The lowest BCUT2D eigenvalue weighted by Gasteiger charge is -2.13. The Balaban J connectivity index is 2.56. The Kier molecular flexibility index (Phi) is 5.76. The smallest absolute Gasteiger partial charge is 0.162 e. The van der Waals surface area contributed by atoms with Gasteiger partial charge in [-0.15, -0.1) is 0 Å². The number of aromatic nitrogens is 2. The Labute approximate surface area is 142 Å². The molecular formula is C16H19Br2N3. The maximum absolute atomic E-state index is 4.74. The highest BCUT2D eigenvalue weighted by Crippen LogP contribution is 2.31. The fourth-order valence-electron chi connectivity index (χ4n) is 2.10. The quantitative estimate of drug-likeness (QED) is 0.717.